The predicted molar refractivity (Wildman–Crippen MR) is 100 cm³/mol. The largest absolute Gasteiger partial charge is 0.490 e. The molecule has 2 aliphatic heterocycles. The van der Waals surface area contributed by atoms with Crippen LogP contribution in [-0.4, -0.2) is 63.9 Å². The lowest BCUT2D eigenvalue weighted by molar-refractivity contribution is -0.131. The van der Waals surface area contributed by atoms with Gasteiger partial charge in [-0.25, -0.2) is 8.42 Å². The van der Waals surface area contributed by atoms with Crippen molar-refractivity contribution in [3.8, 4) is 11.5 Å². The molecule has 1 saturated heterocycles. The van der Waals surface area contributed by atoms with Gasteiger partial charge in [0.05, 0.1) is 23.9 Å². The monoisotopic (exact) mass is 404 g/mol. The van der Waals surface area contributed by atoms with Gasteiger partial charge in [-0.05, 0) is 19.1 Å². The Bertz CT molecular complexity index is 741. The third-order valence-electron chi connectivity index (χ3n) is 4.38. The highest BCUT2D eigenvalue weighted by Crippen LogP contribution is 2.32. The number of rotatable bonds is 4. The SMILES string of the molecule is CC1CN(C(=O)CCS(=O)(=O)c2ccc3c(c2)OCCCO3)CCN1.Cl. The van der Waals surface area contributed by atoms with Crippen molar-refractivity contribution in [1.29, 1.82) is 0 Å². The van der Waals surface area contributed by atoms with E-state index in [1.165, 1.54) is 12.1 Å². The van der Waals surface area contributed by atoms with Gasteiger partial charge in [-0.2, -0.15) is 0 Å². The molecular formula is C17H25ClN2O5S. The Morgan fingerprint density at radius 1 is 1.27 bits per heavy atom. The molecule has 1 unspecified atom stereocenters. The summed E-state index contributed by atoms with van der Waals surface area (Å²) in [6, 6.07) is 4.86. The number of carbonyl (C=O) groups is 1. The zero-order chi connectivity index (χ0) is 17.9. The Labute approximate surface area is 160 Å². The van der Waals surface area contributed by atoms with Crippen LogP contribution in [0.4, 0.5) is 0 Å². The lowest BCUT2D eigenvalue weighted by Gasteiger charge is -2.31. The Morgan fingerprint density at radius 3 is 2.73 bits per heavy atom. The molecule has 1 atom stereocenters. The Morgan fingerprint density at radius 2 is 2.00 bits per heavy atom. The second kappa shape index (κ2) is 8.92. The van der Waals surface area contributed by atoms with Crippen LogP contribution in [0.1, 0.15) is 19.8 Å². The molecule has 2 aliphatic rings. The first-order chi connectivity index (χ1) is 12.0. The predicted octanol–water partition coefficient (Wildman–Crippen LogP) is 1.25. The fourth-order valence-corrected chi connectivity index (χ4v) is 4.23. The van der Waals surface area contributed by atoms with Crippen molar-refractivity contribution in [3.63, 3.8) is 0 Å². The third kappa shape index (κ3) is 5.02. The van der Waals surface area contributed by atoms with Gasteiger partial charge in [0.25, 0.3) is 0 Å². The molecule has 1 aromatic carbocycles. The van der Waals surface area contributed by atoms with Crippen LogP contribution in [0.5, 0.6) is 11.5 Å². The number of amides is 1. The molecule has 0 radical (unpaired) electrons. The number of hydrogen-bond acceptors (Lipinski definition) is 6. The quantitative estimate of drug-likeness (QED) is 0.813. The Balaban J connectivity index is 0.00000243. The van der Waals surface area contributed by atoms with Gasteiger partial charge in [0.1, 0.15) is 0 Å². The van der Waals surface area contributed by atoms with Crippen LogP contribution in [0, 0.1) is 0 Å². The minimum atomic E-state index is -3.55. The third-order valence-corrected chi connectivity index (χ3v) is 6.10. The van der Waals surface area contributed by atoms with E-state index in [-0.39, 0.29) is 41.4 Å². The van der Waals surface area contributed by atoms with Gasteiger partial charge in [-0.1, -0.05) is 0 Å². The van der Waals surface area contributed by atoms with Crippen LogP contribution in [0.25, 0.3) is 0 Å². The highest BCUT2D eigenvalue weighted by molar-refractivity contribution is 7.91. The maximum absolute atomic E-state index is 12.6. The normalized spacial score (nSPS) is 20.0. The van der Waals surface area contributed by atoms with E-state index in [9.17, 15) is 13.2 Å². The van der Waals surface area contributed by atoms with Gasteiger partial charge < -0.3 is 19.7 Å². The van der Waals surface area contributed by atoms with Gasteiger partial charge in [0, 0.05) is 44.6 Å². The van der Waals surface area contributed by atoms with E-state index in [0.29, 0.717) is 37.8 Å². The van der Waals surface area contributed by atoms with Gasteiger partial charge in [-0.15, -0.1) is 12.4 Å². The average Bonchev–Trinajstić information content (AvgIpc) is 2.84. The second-order valence-electron chi connectivity index (χ2n) is 6.42. The molecule has 0 spiro atoms. The first kappa shape index (κ1) is 20.8. The summed E-state index contributed by atoms with van der Waals surface area (Å²) in [6.07, 6.45) is 0.748. The summed E-state index contributed by atoms with van der Waals surface area (Å²) >= 11 is 0. The number of nitrogens with one attached hydrogen (secondary N) is 1. The van der Waals surface area contributed by atoms with E-state index in [4.69, 9.17) is 9.47 Å². The van der Waals surface area contributed by atoms with E-state index in [0.717, 1.165) is 13.0 Å². The lowest BCUT2D eigenvalue weighted by Crippen LogP contribution is -2.51. The second-order valence-corrected chi connectivity index (χ2v) is 8.53. The molecule has 0 bridgehead atoms. The van der Waals surface area contributed by atoms with Gasteiger partial charge in [-0.3, -0.25) is 4.79 Å². The summed E-state index contributed by atoms with van der Waals surface area (Å²) in [4.78, 5) is 14.2. The molecule has 0 saturated carbocycles. The fraction of sp³-hybridized carbons (Fsp3) is 0.588. The van der Waals surface area contributed by atoms with Crippen molar-refractivity contribution in [1.82, 2.24) is 10.2 Å². The number of fused-ring (bicyclic) bond motifs is 1. The van der Waals surface area contributed by atoms with Crippen LogP contribution in [-0.2, 0) is 14.6 Å². The number of carbonyl (C=O) groups excluding carboxylic acids is 1. The molecular weight excluding hydrogens is 380 g/mol. The lowest BCUT2D eigenvalue weighted by atomic mass is 10.2. The number of benzene rings is 1. The average molecular weight is 405 g/mol. The molecule has 0 aliphatic carbocycles. The van der Waals surface area contributed by atoms with Crippen molar-refractivity contribution in [2.75, 3.05) is 38.6 Å². The Hall–Kier alpha value is -1.51. The topological polar surface area (TPSA) is 84.9 Å². The highest BCUT2D eigenvalue weighted by Gasteiger charge is 2.24. The summed E-state index contributed by atoms with van der Waals surface area (Å²) in [6.45, 7) is 5.03. The molecule has 146 valence electrons. The molecule has 1 fully saturated rings. The van der Waals surface area contributed by atoms with Gasteiger partial charge in [0.15, 0.2) is 21.3 Å². The number of hydrogen-bond donors (Lipinski definition) is 1. The van der Waals surface area contributed by atoms with Crippen molar-refractivity contribution in [2.24, 2.45) is 0 Å². The molecule has 1 N–H and O–H groups in total. The summed E-state index contributed by atoms with van der Waals surface area (Å²) in [7, 11) is -3.55. The van der Waals surface area contributed by atoms with E-state index < -0.39 is 9.84 Å². The first-order valence-electron chi connectivity index (χ1n) is 8.59. The van der Waals surface area contributed by atoms with Crippen LogP contribution in [0.2, 0.25) is 0 Å². The number of sulfone groups is 1. The Kier molecular flexibility index (Phi) is 7.14. The van der Waals surface area contributed by atoms with Crippen LogP contribution >= 0.6 is 12.4 Å². The number of piperazine rings is 1. The van der Waals surface area contributed by atoms with Crippen molar-refractivity contribution < 1.29 is 22.7 Å². The molecule has 1 aromatic rings. The summed E-state index contributed by atoms with van der Waals surface area (Å²) in [5.41, 5.74) is 0. The standard InChI is InChI=1S/C17H24N2O5S.ClH/c1-13-12-19(7-6-18-13)17(20)5-10-25(21,22)14-3-4-15-16(11-14)24-9-2-8-23-15;/h3-4,11,13,18H,2,5-10,12H2,1H3;1H. The minimum absolute atomic E-state index is 0. The van der Waals surface area contributed by atoms with Crippen LogP contribution < -0.4 is 14.8 Å². The van der Waals surface area contributed by atoms with E-state index in [1.54, 1.807) is 11.0 Å². The molecule has 0 aromatic heterocycles. The smallest absolute Gasteiger partial charge is 0.223 e. The van der Waals surface area contributed by atoms with Gasteiger partial charge >= 0.3 is 0 Å². The maximum Gasteiger partial charge on any atom is 0.223 e. The van der Waals surface area contributed by atoms with Crippen LogP contribution in [0.3, 0.4) is 0 Å². The van der Waals surface area contributed by atoms with Gasteiger partial charge in [0.2, 0.25) is 5.91 Å². The fourth-order valence-electron chi connectivity index (χ4n) is 2.99. The number of nitrogens with zero attached hydrogens (tertiary/aromatic N) is 1. The van der Waals surface area contributed by atoms with Crippen molar-refractivity contribution in [3.05, 3.63) is 18.2 Å². The van der Waals surface area contributed by atoms with E-state index in [1.807, 2.05) is 6.92 Å². The molecule has 1 amide bonds. The summed E-state index contributed by atoms with van der Waals surface area (Å²) in [5.74, 6) is 0.679. The minimum Gasteiger partial charge on any atom is -0.490 e. The van der Waals surface area contributed by atoms with Crippen molar-refractivity contribution in [2.45, 2.75) is 30.7 Å². The maximum atomic E-state index is 12.6. The molecule has 9 heteroatoms. The van der Waals surface area contributed by atoms with E-state index >= 15 is 0 Å². The van der Waals surface area contributed by atoms with Crippen molar-refractivity contribution >= 4 is 28.2 Å². The summed E-state index contributed by atoms with van der Waals surface area (Å²) in [5, 5.41) is 3.26. The number of ether oxygens (including phenoxy) is 2. The molecule has 7 nitrogen and oxygen atoms in total. The molecule has 2 heterocycles. The zero-order valence-corrected chi connectivity index (χ0v) is 16.4. The molecule has 3 rings (SSSR count). The zero-order valence-electron chi connectivity index (χ0n) is 14.8. The van der Waals surface area contributed by atoms with E-state index in [2.05, 4.69) is 5.32 Å². The summed E-state index contributed by atoms with van der Waals surface area (Å²) < 4.78 is 36.2. The first-order valence-corrected chi connectivity index (χ1v) is 10.2. The number of halogens is 1. The molecule has 26 heavy (non-hydrogen) atoms. The highest BCUT2D eigenvalue weighted by atomic mass is 35.5. The van der Waals surface area contributed by atoms with Crippen LogP contribution in [0.15, 0.2) is 23.1 Å².